The summed E-state index contributed by atoms with van der Waals surface area (Å²) in [6, 6.07) is 7.88. The molecule has 106 valence electrons. The summed E-state index contributed by atoms with van der Waals surface area (Å²) >= 11 is 9.47. The van der Waals surface area contributed by atoms with Crippen LogP contribution in [0.4, 0.5) is 5.13 Å². The van der Waals surface area contributed by atoms with Crippen molar-refractivity contribution in [3.8, 4) is 0 Å². The van der Waals surface area contributed by atoms with E-state index in [1.807, 2.05) is 36.0 Å². The zero-order valence-electron chi connectivity index (χ0n) is 11.2. The van der Waals surface area contributed by atoms with Gasteiger partial charge in [-0.05, 0) is 36.8 Å². The Hall–Kier alpha value is -0.780. The van der Waals surface area contributed by atoms with Crippen LogP contribution < -0.4 is 5.32 Å². The minimum absolute atomic E-state index is 0.446. The van der Waals surface area contributed by atoms with Gasteiger partial charge in [0.1, 0.15) is 5.01 Å². The maximum Gasteiger partial charge on any atom is 0.205 e. The van der Waals surface area contributed by atoms with Crippen LogP contribution in [-0.4, -0.2) is 27.7 Å². The molecule has 3 nitrogen and oxygen atoms in total. The van der Waals surface area contributed by atoms with Crippen LogP contribution in [0.15, 0.2) is 24.3 Å². The van der Waals surface area contributed by atoms with E-state index in [1.165, 1.54) is 18.4 Å². The average molecular weight is 326 g/mol. The average Bonchev–Trinajstić information content (AvgIpc) is 3.12. The molecule has 0 amide bonds. The van der Waals surface area contributed by atoms with Gasteiger partial charge in [0, 0.05) is 22.7 Å². The van der Waals surface area contributed by atoms with E-state index in [0.29, 0.717) is 4.75 Å². The third-order valence-electron chi connectivity index (χ3n) is 3.54. The van der Waals surface area contributed by atoms with Gasteiger partial charge in [0.25, 0.3) is 0 Å². The molecule has 0 bridgehead atoms. The Morgan fingerprint density at radius 1 is 1.30 bits per heavy atom. The second-order valence-electron chi connectivity index (χ2n) is 5.04. The molecule has 1 aliphatic rings. The molecule has 1 aromatic heterocycles. The van der Waals surface area contributed by atoms with E-state index in [2.05, 4.69) is 21.8 Å². The summed E-state index contributed by atoms with van der Waals surface area (Å²) in [6.07, 6.45) is 5.60. The van der Waals surface area contributed by atoms with Gasteiger partial charge >= 0.3 is 0 Å². The Balaban J connectivity index is 1.57. The molecule has 0 spiro atoms. The van der Waals surface area contributed by atoms with Crippen LogP contribution in [0.1, 0.15) is 23.4 Å². The predicted octanol–water partition coefficient (Wildman–Crippen LogP) is 4.09. The lowest BCUT2D eigenvalue weighted by molar-refractivity contribution is 0.931. The van der Waals surface area contributed by atoms with Gasteiger partial charge < -0.3 is 5.32 Å². The quantitative estimate of drug-likeness (QED) is 0.868. The second kappa shape index (κ2) is 5.92. The van der Waals surface area contributed by atoms with Crippen molar-refractivity contribution >= 4 is 39.8 Å². The third kappa shape index (κ3) is 3.45. The summed E-state index contributed by atoms with van der Waals surface area (Å²) in [7, 11) is 0. The van der Waals surface area contributed by atoms with E-state index in [4.69, 9.17) is 11.6 Å². The molecule has 0 aliphatic heterocycles. The predicted molar refractivity (Wildman–Crippen MR) is 88.1 cm³/mol. The van der Waals surface area contributed by atoms with Gasteiger partial charge in [0.05, 0.1) is 0 Å². The van der Waals surface area contributed by atoms with Crippen molar-refractivity contribution in [2.24, 2.45) is 0 Å². The van der Waals surface area contributed by atoms with Gasteiger partial charge in [-0.3, -0.25) is 0 Å². The van der Waals surface area contributed by atoms with Crippen molar-refractivity contribution < 1.29 is 0 Å². The molecular weight excluding hydrogens is 310 g/mol. The summed E-state index contributed by atoms with van der Waals surface area (Å²) in [4.78, 5) is 0. The molecule has 1 aromatic carbocycles. The first-order valence-corrected chi connectivity index (χ1v) is 8.97. The fourth-order valence-electron chi connectivity index (χ4n) is 2.00. The van der Waals surface area contributed by atoms with Gasteiger partial charge in [0.2, 0.25) is 5.13 Å². The number of halogens is 1. The molecule has 0 unspecified atom stereocenters. The molecule has 6 heteroatoms. The molecule has 1 fully saturated rings. The monoisotopic (exact) mass is 325 g/mol. The number of anilines is 1. The standard InChI is InChI=1S/C14H16ClN3S2/c1-19-14(6-7-14)9-16-13-18-17-12(20-13)8-10-2-4-11(15)5-3-10/h2-5H,6-9H2,1H3,(H,16,18). The van der Waals surface area contributed by atoms with Crippen LogP contribution in [0.3, 0.4) is 0 Å². The first-order valence-electron chi connectivity index (χ1n) is 6.55. The molecule has 20 heavy (non-hydrogen) atoms. The summed E-state index contributed by atoms with van der Waals surface area (Å²) in [6.45, 7) is 0.990. The Labute approximate surface area is 132 Å². The highest BCUT2D eigenvalue weighted by Crippen LogP contribution is 2.47. The SMILES string of the molecule is CSC1(CNc2nnc(Cc3ccc(Cl)cc3)s2)CC1. The number of benzene rings is 1. The van der Waals surface area contributed by atoms with Crippen LogP contribution in [0, 0.1) is 0 Å². The van der Waals surface area contributed by atoms with Crippen molar-refractivity contribution in [2.45, 2.75) is 24.0 Å². The van der Waals surface area contributed by atoms with Crippen molar-refractivity contribution in [1.29, 1.82) is 0 Å². The largest absolute Gasteiger partial charge is 0.359 e. The second-order valence-corrected chi connectivity index (χ2v) is 7.82. The van der Waals surface area contributed by atoms with E-state index < -0.39 is 0 Å². The number of thioether (sulfide) groups is 1. The van der Waals surface area contributed by atoms with Crippen LogP contribution in [0.5, 0.6) is 0 Å². The number of hydrogen-bond acceptors (Lipinski definition) is 5. The van der Waals surface area contributed by atoms with E-state index >= 15 is 0 Å². The summed E-state index contributed by atoms with van der Waals surface area (Å²) in [5.41, 5.74) is 1.21. The molecule has 2 aromatic rings. The van der Waals surface area contributed by atoms with Crippen LogP contribution in [0.25, 0.3) is 0 Å². The molecule has 1 heterocycles. The lowest BCUT2D eigenvalue weighted by Gasteiger charge is -2.11. The van der Waals surface area contributed by atoms with Gasteiger partial charge in [-0.2, -0.15) is 11.8 Å². The van der Waals surface area contributed by atoms with Crippen LogP contribution in [0.2, 0.25) is 5.02 Å². The van der Waals surface area contributed by atoms with Crippen molar-refractivity contribution in [2.75, 3.05) is 18.1 Å². The van der Waals surface area contributed by atoms with E-state index in [1.54, 1.807) is 11.3 Å². The van der Waals surface area contributed by atoms with Crippen LogP contribution in [-0.2, 0) is 6.42 Å². The maximum absolute atomic E-state index is 5.88. The number of aromatic nitrogens is 2. The van der Waals surface area contributed by atoms with Crippen molar-refractivity contribution in [3.05, 3.63) is 39.9 Å². The van der Waals surface area contributed by atoms with Gasteiger partial charge in [0.15, 0.2) is 0 Å². The lowest BCUT2D eigenvalue weighted by atomic mass is 10.2. The summed E-state index contributed by atoms with van der Waals surface area (Å²) in [5.74, 6) is 0. The van der Waals surface area contributed by atoms with Gasteiger partial charge in [-0.1, -0.05) is 35.1 Å². The normalized spacial score (nSPS) is 16.1. The Morgan fingerprint density at radius 3 is 2.70 bits per heavy atom. The number of nitrogens with one attached hydrogen (secondary N) is 1. The smallest absolute Gasteiger partial charge is 0.205 e. The topological polar surface area (TPSA) is 37.8 Å². The number of rotatable bonds is 6. The zero-order valence-corrected chi connectivity index (χ0v) is 13.6. The molecule has 1 N–H and O–H groups in total. The van der Waals surface area contributed by atoms with E-state index in [-0.39, 0.29) is 0 Å². The molecule has 0 atom stereocenters. The van der Waals surface area contributed by atoms with Crippen LogP contribution >= 0.6 is 34.7 Å². The highest BCUT2D eigenvalue weighted by molar-refractivity contribution is 8.00. The first-order chi connectivity index (χ1) is 9.69. The fourth-order valence-corrected chi connectivity index (χ4v) is 3.63. The fraction of sp³-hybridized carbons (Fsp3) is 0.429. The minimum atomic E-state index is 0.446. The molecule has 0 radical (unpaired) electrons. The summed E-state index contributed by atoms with van der Waals surface area (Å²) in [5, 5.41) is 14.6. The van der Waals surface area contributed by atoms with E-state index in [9.17, 15) is 0 Å². The first kappa shape index (κ1) is 14.2. The molecule has 1 saturated carbocycles. The van der Waals surface area contributed by atoms with E-state index in [0.717, 1.165) is 28.1 Å². The third-order valence-corrected chi connectivity index (χ3v) is 6.09. The highest BCUT2D eigenvalue weighted by Gasteiger charge is 2.41. The number of nitrogens with zero attached hydrogens (tertiary/aromatic N) is 2. The van der Waals surface area contributed by atoms with Crippen molar-refractivity contribution in [3.63, 3.8) is 0 Å². The Kier molecular flexibility index (Phi) is 4.19. The lowest BCUT2D eigenvalue weighted by Crippen LogP contribution is -2.17. The van der Waals surface area contributed by atoms with Gasteiger partial charge in [-0.25, -0.2) is 0 Å². The number of hydrogen-bond donors (Lipinski definition) is 1. The Morgan fingerprint density at radius 2 is 2.05 bits per heavy atom. The zero-order chi connectivity index (χ0) is 14.0. The Bertz CT molecular complexity index is 578. The summed E-state index contributed by atoms with van der Waals surface area (Å²) < 4.78 is 0.446. The molecule has 0 saturated heterocycles. The van der Waals surface area contributed by atoms with Gasteiger partial charge in [-0.15, -0.1) is 10.2 Å². The van der Waals surface area contributed by atoms with Crippen molar-refractivity contribution in [1.82, 2.24) is 10.2 Å². The maximum atomic E-state index is 5.88. The molecular formula is C14H16ClN3S2. The minimum Gasteiger partial charge on any atom is -0.359 e. The molecule has 1 aliphatic carbocycles. The molecule has 3 rings (SSSR count). The highest BCUT2D eigenvalue weighted by atomic mass is 35.5.